The Kier molecular flexibility index (Phi) is 18.6. The van der Waals surface area contributed by atoms with Crippen LogP contribution in [0.25, 0.3) is 22.3 Å². The Balaban J connectivity index is 0.000000997. The molecule has 2 aromatic carbocycles. The number of imidazole rings is 1. The highest BCUT2D eigenvalue weighted by atomic mass is 32.2. The molecular formula is C52H72F3N11O4S. The van der Waals surface area contributed by atoms with Crippen LogP contribution in [0.15, 0.2) is 30.5 Å². The molecule has 5 fully saturated rings. The van der Waals surface area contributed by atoms with Crippen LogP contribution in [0.2, 0.25) is 0 Å². The number of hydrogen-bond donors (Lipinski definition) is 2. The number of nitrogens with zero attached hydrogens (tertiary/aromatic N) is 9. The Morgan fingerprint density at radius 3 is 2.17 bits per heavy atom. The number of unbranched alkanes of at least 4 members (excludes halogenated alkanes) is 2. The normalized spacial score (nSPS) is 21.3. The number of hydrogen-bond acceptors (Lipinski definition) is 13. The topological polar surface area (TPSA) is 152 Å². The molecule has 71 heavy (non-hydrogen) atoms. The molecule has 9 rings (SSSR count). The number of hydrazine groups is 1. The molecule has 2 aromatic heterocycles. The van der Waals surface area contributed by atoms with Crippen LogP contribution in [0.5, 0.6) is 0 Å². The number of anilines is 2. The van der Waals surface area contributed by atoms with E-state index in [-0.39, 0.29) is 34.4 Å². The van der Waals surface area contributed by atoms with E-state index >= 15 is 13.2 Å². The number of likely N-dealkylation sites (tertiary alicyclic amines) is 1. The smallest absolute Gasteiger partial charge is 0.272 e. The molecule has 19 heteroatoms. The molecule has 2 N–H and O–H groups in total. The summed E-state index contributed by atoms with van der Waals surface area (Å²) in [5.74, 6) is -0.505. The van der Waals surface area contributed by atoms with Crippen molar-refractivity contribution in [3.8, 4) is 11.3 Å². The minimum Gasteiger partial charge on any atom is -0.366 e. The number of rotatable bonds is 16. The highest BCUT2D eigenvalue weighted by Crippen LogP contribution is 2.43. The molecule has 5 saturated heterocycles. The lowest BCUT2D eigenvalue weighted by Crippen LogP contribution is -2.64. The quantitative estimate of drug-likeness (QED) is 0.0628. The van der Waals surface area contributed by atoms with Crippen molar-refractivity contribution in [3.63, 3.8) is 0 Å². The lowest BCUT2D eigenvalue weighted by Gasteiger charge is -2.52. The van der Waals surface area contributed by atoms with Gasteiger partial charge in [0.2, 0.25) is 12.4 Å². The fraction of sp³-hybridized carbons (Fsp3) is 0.596. The van der Waals surface area contributed by atoms with Gasteiger partial charge in [-0.1, -0.05) is 45.1 Å². The van der Waals surface area contributed by atoms with Gasteiger partial charge in [-0.05, 0) is 115 Å². The Bertz CT molecular complexity index is 2440. The molecule has 5 aliphatic rings. The SMILES string of the molecule is C=O.CCCCC.Cc1nc2c(F)cc(-c3nc(NC4CCN(SC5CCN(CC6CC7CCC(C6)N7C6CN(c7cc(C(=O)N(C)NC=O)c(C=O)cc7F)C6)CC5)CC4)ncc3F)cc2n1C(C)C. The van der Waals surface area contributed by atoms with Crippen molar-refractivity contribution in [3.05, 3.63) is 64.9 Å². The van der Waals surface area contributed by atoms with Crippen LogP contribution in [-0.2, 0) is 9.59 Å². The fourth-order valence-electron chi connectivity index (χ4n) is 11.4. The zero-order valence-corrected chi connectivity index (χ0v) is 43.0. The number of halogens is 3. The van der Waals surface area contributed by atoms with Gasteiger partial charge < -0.3 is 24.5 Å². The van der Waals surface area contributed by atoms with Crippen LogP contribution >= 0.6 is 11.9 Å². The average Bonchev–Trinajstić information content (AvgIpc) is 3.82. The van der Waals surface area contributed by atoms with E-state index in [4.69, 9.17) is 4.79 Å². The van der Waals surface area contributed by atoms with Gasteiger partial charge in [0.25, 0.3) is 5.91 Å². The van der Waals surface area contributed by atoms with Crippen LogP contribution < -0.4 is 15.6 Å². The van der Waals surface area contributed by atoms with Gasteiger partial charge in [0.05, 0.1) is 23.0 Å². The number of piperidine rings is 3. The highest BCUT2D eigenvalue weighted by molar-refractivity contribution is 7.97. The number of fused-ring (bicyclic) bond motifs is 3. The first-order chi connectivity index (χ1) is 34.3. The van der Waals surface area contributed by atoms with Crippen LogP contribution in [0, 0.1) is 30.3 Å². The van der Waals surface area contributed by atoms with Crippen molar-refractivity contribution in [1.82, 2.24) is 44.1 Å². The van der Waals surface area contributed by atoms with Gasteiger partial charge in [0.1, 0.15) is 29.6 Å². The first kappa shape index (κ1) is 53.7. The molecule has 2 atom stereocenters. The minimum atomic E-state index is -0.600. The van der Waals surface area contributed by atoms with Gasteiger partial charge in [0, 0.05) is 86.4 Å². The summed E-state index contributed by atoms with van der Waals surface area (Å²) < 4.78 is 50.0. The highest BCUT2D eigenvalue weighted by Gasteiger charge is 2.48. The molecule has 15 nitrogen and oxygen atoms in total. The number of amides is 2. The number of carbonyl (C=O) groups is 4. The van der Waals surface area contributed by atoms with E-state index in [1.165, 1.54) is 77.0 Å². The number of aldehydes is 1. The van der Waals surface area contributed by atoms with E-state index in [0.717, 1.165) is 62.8 Å². The first-order valence-electron chi connectivity index (χ1n) is 25.5. The standard InChI is InChI=1S/C46H58F3N11O3S.C5H12.CH2O/c1-27(2)59-28(3)52-44-39(48)17-30(19-42(44)59)43-40(49)21-50-46(54-43)53-32-7-13-58(14-8-32)64-36-9-11-56(12-10-36)22-29-15-33-5-6-34(16-29)60(33)35-23-57(24-35)41-20-37(31(25-61)18-38(41)47)45(63)55(4)51-26-62;1-3-5-4-2;1-2/h17-21,25-27,29,32-36H,5-16,22-24H2,1-4H3,(H,51,62)(H,50,53,54);3-5H2,1-2H3;1H2. The van der Waals surface area contributed by atoms with Crippen molar-refractivity contribution in [2.75, 3.05) is 63.1 Å². The molecule has 0 radical (unpaired) electrons. The minimum absolute atomic E-state index is 0.0512. The molecule has 5 aliphatic heterocycles. The van der Waals surface area contributed by atoms with Gasteiger partial charge in [-0.3, -0.25) is 34.0 Å². The number of carbonyl (C=O) groups excluding carboxylic acids is 4. The summed E-state index contributed by atoms with van der Waals surface area (Å²) in [7, 11) is 1.38. The van der Waals surface area contributed by atoms with Crippen molar-refractivity contribution >= 4 is 60.0 Å². The van der Waals surface area contributed by atoms with Crippen LogP contribution in [0.3, 0.4) is 0 Å². The van der Waals surface area contributed by atoms with E-state index < -0.39 is 23.4 Å². The molecule has 0 saturated carbocycles. The third-order valence-electron chi connectivity index (χ3n) is 14.8. The summed E-state index contributed by atoms with van der Waals surface area (Å²) in [6.07, 6.45) is 15.0. The maximum absolute atomic E-state index is 15.2. The van der Waals surface area contributed by atoms with Gasteiger partial charge in [-0.25, -0.2) is 28.1 Å². The Morgan fingerprint density at radius 1 is 0.887 bits per heavy atom. The summed E-state index contributed by atoms with van der Waals surface area (Å²) >= 11 is 2.01. The van der Waals surface area contributed by atoms with E-state index in [2.05, 4.69) is 53.6 Å². The largest absolute Gasteiger partial charge is 0.366 e. The van der Waals surface area contributed by atoms with Crippen molar-refractivity contribution in [1.29, 1.82) is 0 Å². The van der Waals surface area contributed by atoms with Crippen molar-refractivity contribution in [2.45, 2.75) is 141 Å². The van der Waals surface area contributed by atoms with Gasteiger partial charge >= 0.3 is 0 Å². The number of nitrogens with one attached hydrogen (secondary N) is 2. The van der Waals surface area contributed by atoms with Gasteiger partial charge in [-0.2, -0.15) is 0 Å². The molecule has 2 bridgehead atoms. The monoisotopic (exact) mass is 1000 g/mol. The summed E-state index contributed by atoms with van der Waals surface area (Å²) in [4.78, 5) is 63.9. The molecule has 2 amide bonds. The lowest BCUT2D eigenvalue weighted by atomic mass is 9.87. The van der Waals surface area contributed by atoms with Crippen LogP contribution in [0.1, 0.15) is 131 Å². The van der Waals surface area contributed by atoms with Crippen molar-refractivity contribution in [2.24, 2.45) is 5.92 Å². The Morgan fingerprint density at radius 2 is 1.56 bits per heavy atom. The maximum atomic E-state index is 15.2. The summed E-state index contributed by atoms with van der Waals surface area (Å²) in [5, 5.41) is 5.01. The molecule has 2 unspecified atom stereocenters. The third-order valence-corrected chi connectivity index (χ3v) is 16.3. The fourth-order valence-corrected chi connectivity index (χ4v) is 12.7. The van der Waals surface area contributed by atoms with Gasteiger partial charge in [-0.15, -0.1) is 0 Å². The molecule has 386 valence electrons. The second kappa shape index (κ2) is 24.5. The third kappa shape index (κ3) is 12.4. The van der Waals surface area contributed by atoms with E-state index in [1.54, 1.807) is 6.07 Å². The summed E-state index contributed by atoms with van der Waals surface area (Å²) in [6.45, 7) is 18.9. The predicted molar refractivity (Wildman–Crippen MR) is 274 cm³/mol. The van der Waals surface area contributed by atoms with Crippen molar-refractivity contribution < 1.29 is 32.3 Å². The van der Waals surface area contributed by atoms with Gasteiger partial charge in [0.15, 0.2) is 17.9 Å². The number of aromatic nitrogens is 4. The lowest BCUT2D eigenvalue weighted by molar-refractivity contribution is -0.112. The maximum Gasteiger partial charge on any atom is 0.272 e. The van der Waals surface area contributed by atoms with Crippen LogP contribution in [0.4, 0.5) is 24.8 Å². The van der Waals surface area contributed by atoms with E-state index in [9.17, 15) is 14.4 Å². The summed E-state index contributed by atoms with van der Waals surface area (Å²) in [5.41, 5.74) is 3.88. The first-order valence-corrected chi connectivity index (χ1v) is 26.3. The Hall–Kier alpha value is -5.11. The molecule has 7 heterocycles. The zero-order valence-electron chi connectivity index (χ0n) is 42.2. The average molecular weight is 1000 g/mol. The number of aryl methyl sites for hydroxylation is 1. The second-order valence-electron chi connectivity index (χ2n) is 20.0. The predicted octanol–water partition coefficient (Wildman–Crippen LogP) is 8.48. The van der Waals surface area contributed by atoms with Crippen LogP contribution in [-0.4, -0.2) is 146 Å². The summed E-state index contributed by atoms with van der Waals surface area (Å²) in [6, 6.07) is 7.22. The zero-order chi connectivity index (χ0) is 50.9. The molecular weight excluding hydrogens is 932 g/mol. The Labute approximate surface area is 420 Å². The molecule has 0 spiro atoms. The molecule has 0 aliphatic carbocycles. The second-order valence-corrected chi connectivity index (χ2v) is 21.4. The molecule has 4 aromatic rings. The van der Waals surface area contributed by atoms with E-state index in [1.807, 2.05) is 49.0 Å². The number of benzene rings is 2. The van der Waals surface area contributed by atoms with E-state index in [0.29, 0.717) is 83.6 Å².